The van der Waals surface area contributed by atoms with Crippen molar-refractivity contribution in [2.45, 2.75) is 60.9 Å². The van der Waals surface area contributed by atoms with Crippen LogP contribution in [0.2, 0.25) is 5.02 Å². The highest BCUT2D eigenvalue weighted by Crippen LogP contribution is 2.34. The molecule has 0 aliphatic heterocycles. The molecule has 2 aromatic rings. The zero-order valence-corrected chi connectivity index (χ0v) is 18.1. The van der Waals surface area contributed by atoms with Crippen molar-refractivity contribution in [1.29, 1.82) is 0 Å². The third-order valence-electron chi connectivity index (χ3n) is 5.01. The lowest BCUT2D eigenvalue weighted by Gasteiger charge is -2.15. The van der Waals surface area contributed by atoms with Gasteiger partial charge in [-0.15, -0.1) is 0 Å². The molecule has 0 amide bonds. The van der Waals surface area contributed by atoms with Crippen LogP contribution >= 0.6 is 11.6 Å². The summed E-state index contributed by atoms with van der Waals surface area (Å²) in [5.41, 5.74) is 5.92. The van der Waals surface area contributed by atoms with E-state index in [4.69, 9.17) is 16.3 Å². The van der Waals surface area contributed by atoms with Crippen molar-refractivity contribution in [2.24, 2.45) is 0 Å². The summed E-state index contributed by atoms with van der Waals surface area (Å²) in [7, 11) is 1.59. The standard InChI is InChI=1S/C22H29ClN2O2/c1-8-9-12-25-22(27-7)20(16(6)24-25)21(26)17-10-11-18(23)19(15(17)5)14(4)13(2)3/h10-11H,8-9,12H2,1-7H3. The lowest BCUT2D eigenvalue weighted by Crippen LogP contribution is -2.09. The molecule has 0 fully saturated rings. The zero-order valence-electron chi connectivity index (χ0n) is 17.4. The van der Waals surface area contributed by atoms with Crippen LogP contribution in [-0.4, -0.2) is 22.7 Å². The Morgan fingerprint density at radius 2 is 1.85 bits per heavy atom. The van der Waals surface area contributed by atoms with Gasteiger partial charge >= 0.3 is 0 Å². The van der Waals surface area contributed by atoms with Gasteiger partial charge in [0.05, 0.1) is 12.8 Å². The van der Waals surface area contributed by atoms with Crippen LogP contribution < -0.4 is 4.74 Å². The highest BCUT2D eigenvalue weighted by atomic mass is 35.5. The quantitative estimate of drug-likeness (QED) is 0.546. The first-order chi connectivity index (χ1) is 12.7. The normalized spacial score (nSPS) is 10.8. The molecule has 0 bridgehead atoms. The minimum absolute atomic E-state index is 0.0796. The van der Waals surface area contributed by atoms with Gasteiger partial charge < -0.3 is 4.74 Å². The second-order valence-electron chi connectivity index (χ2n) is 7.10. The lowest BCUT2D eigenvalue weighted by atomic mass is 9.91. The molecule has 146 valence electrons. The second-order valence-corrected chi connectivity index (χ2v) is 7.50. The minimum atomic E-state index is -0.0796. The van der Waals surface area contributed by atoms with Crippen LogP contribution in [0.5, 0.6) is 5.88 Å². The number of carbonyl (C=O) groups is 1. The van der Waals surface area contributed by atoms with Crippen molar-refractivity contribution in [1.82, 2.24) is 9.78 Å². The molecule has 27 heavy (non-hydrogen) atoms. The van der Waals surface area contributed by atoms with Crippen LogP contribution in [0.3, 0.4) is 0 Å². The number of carbonyl (C=O) groups excluding carboxylic acids is 1. The zero-order chi connectivity index (χ0) is 20.3. The average Bonchev–Trinajstić information content (AvgIpc) is 2.94. The molecule has 0 saturated heterocycles. The van der Waals surface area contributed by atoms with E-state index in [1.807, 2.05) is 34.6 Å². The monoisotopic (exact) mass is 388 g/mol. The molecule has 0 aliphatic rings. The van der Waals surface area contributed by atoms with Gasteiger partial charge in [-0.2, -0.15) is 5.10 Å². The first kappa shape index (κ1) is 21.2. The summed E-state index contributed by atoms with van der Waals surface area (Å²) in [6, 6.07) is 3.59. The first-order valence-electron chi connectivity index (χ1n) is 9.34. The maximum Gasteiger partial charge on any atom is 0.223 e. The summed E-state index contributed by atoms with van der Waals surface area (Å²) < 4.78 is 7.35. The number of aromatic nitrogens is 2. The fraction of sp³-hybridized carbons (Fsp3) is 0.455. The Morgan fingerprint density at radius 3 is 2.41 bits per heavy atom. The van der Waals surface area contributed by atoms with Gasteiger partial charge in [0.1, 0.15) is 5.56 Å². The van der Waals surface area contributed by atoms with Gasteiger partial charge in [0.25, 0.3) is 0 Å². The van der Waals surface area contributed by atoms with Crippen molar-refractivity contribution < 1.29 is 9.53 Å². The summed E-state index contributed by atoms with van der Waals surface area (Å²) in [6.45, 7) is 12.8. The van der Waals surface area contributed by atoms with Crippen molar-refractivity contribution in [3.63, 3.8) is 0 Å². The van der Waals surface area contributed by atoms with E-state index in [0.29, 0.717) is 27.7 Å². The molecule has 0 radical (unpaired) electrons. The van der Waals surface area contributed by atoms with Gasteiger partial charge in [0.15, 0.2) is 0 Å². The van der Waals surface area contributed by atoms with Gasteiger partial charge in [-0.25, -0.2) is 4.68 Å². The Labute approximate surface area is 167 Å². The molecule has 0 N–H and O–H groups in total. The fourth-order valence-electron chi connectivity index (χ4n) is 3.26. The predicted octanol–water partition coefficient (Wildman–Crippen LogP) is 6.01. The van der Waals surface area contributed by atoms with E-state index in [-0.39, 0.29) is 5.78 Å². The van der Waals surface area contributed by atoms with E-state index < -0.39 is 0 Å². The maximum absolute atomic E-state index is 13.4. The highest BCUT2D eigenvalue weighted by Gasteiger charge is 2.26. The summed E-state index contributed by atoms with van der Waals surface area (Å²) in [5, 5.41) is 5.19. The molecular formula is C22H29ClN2O2. The van der Waals surface area contributed by atoms with Gasteiger partial charge in [-0.3, -0.25) is 4.79 Å². The molecule has 1 aromatic heterocycles. The number of benzene rings is 1. The van der Waals surface area contributed by atoms with E-state index in [0.717, 1.165) is 36.1 Å². The van der Waals surface area contributed by atoms with Crippen LogP contribution in [0.1, 0.15) is 73.3 Å². The Hall–Kier alpha value is -2.07. The number of rotatable bonds is 7. The number of hydrogen-bond acceptors (Lipinski definition) is 3. The Kier molecular flexibility index (Phi) is 6.88. The number of allylic oxidation sites excluding steroid dienone is 2. The number of hydrogen-bond donors (Lipinski definition) is 0. The van der Waals surface area contributed by atoms with Crippen LogP contribution in [-0.2, 0) is 6.54 Å². The first-order valence-corrected chi connectivity index (χ1v) is 9.71. The van der Waals surface area contributed by atoms with Crippen LogP contribution in [0.15, 0.2) is 17.7 Å². The van der Waals surface area contributed by atoms with Gasteiger partial charge in [0.2, 0.25) is 11.7 Å². The summed E-state index contributed by atoms with van der Waals surface area (Å²) in [4.78, 5) is 13.4. The minimum Gasteiger partial charge on any atom is -0.481 e. The summed E-state index contributed by atoms with van der Waals surface area (Å²) in [6.07, 6.45) is 2.03. The van der Waals surface area contributed by atoms with Crippen molar-refractivity contribution in [3.05, 3.63) is 50.7 Å². The molecule has 0 atom stereocenters. The Balaban J connectivity index is 2.62. The number of ether oxygens (including phenoxy) is 1. The molecule has 4 nitrogen and oxygen atoms in total. The number of aryl methyl sites for hydroxylation is 2. The number of ketones is 1. The van der Waals surface area contributed by atoms with Gasteiger partial charge in [0, 0.05) is 17.1 Å². The molecule has 2 rings (SSSR count). The maximum atomic E-state index is 13.4. The summed E-state index contributed by atoms with van der Waals surface area (Å²) >= 11 is 6.46. The fourth-order valence-corrected chi connectivity index (χ4v) is 3.60. The van der Waals surface area contributed by atoms with Crippen molar-refractivity contribution in [2.75, 3.05) is 7.11 Å². The number of unbranched alkanes of at least 4 members (excludes halogenated alkanes) is 1. The van der Waals surface area contributed by atoms with Crippen LogP contribution in [0.4, 0.5) is 0 Å². The van der Waals surface area contributed by atoms with Crippen molar-refractivity contribution in [3.8, 4) is 5.88 Å². The van der Waals surface area contributed by atoms with E-state index >= 15 is 0 Å². The van der Waals surface area contributed by atoms with Crippen LogP contribution in [0.25, 0.3) is 5.57 Å². The molecule has 0 spiro atoms. The molecule has 1 heterocycles. The van der Waals surface area contributed by atoms with E-state index in [1.165, 1.54) is 5.57 Å². The molecule has 5 heteroatoms. The topological polar surface area (TPSA) is 44.1 Å². The number of nitrogens with zero attached hydrogens (tertiary/aromatic N) is 2. The number of methoxy groups -OCH3 is 1. The summed E-state index contributed by atoms with van der Waals surface area (Å²) in [5.74, 6) is 0.449. The molecule has 0 unspecified atom stereocenters. The van der Waals surface area contributed by atoms with Crippen molar-refractivity contribution >= 4 is 23.0 Å². The van der Waals surface area contributed by atoms with Gasteiger partial charge in [-0.1, -0.05) is 30.5 Å². The predicted molar refractivity (Wildman–Crippen MR) is 112 cm³/mol. The second kappa shape index (κ2) is 8.75. The molecule has 1 aromatic carbocycles. The molecular weight excluding hydrogens is 360 g/mol. The van der Waals surface area contributed by atoms with E-state index in [9.17, 15) is 4.79 Å². The largest absolute Gasteiger partial charge is 0.481 e. The smallest absolute Gasteiger partial charge is 0.223 e. The Bertz CT molecular complexity index is 890. The van der Waals surface area contributed by atoms with E-state index in [2.05, 4.69) is 12.0 Å². The third kappa shape index (κ3) is 4.11. The molecule has 0 aliphatic carbocycles. The number of halogens is 1. The molecule has 0 saturated carbocycles. The average molecular weight is 389 g/mol. The van der Waals surface area contributed by atoms with E-state index in [1.54, 1.807) is 23.9 Å². The lowest BCUT2D eigenvalue weighted by molar-refractivity contribution is 0.103. The Morgan fingerprint density at radius 1 is 1.19 bits per heavy atom. The third-order valence-corrected chi connectivity index (χ3v) is 5.32. The van der Waals surface area contributed by atoms with Gasteiger partial charge in [-0.05, 0) is 69.9 Å². The SMILES string of the molecule is CCCCn1nc(C)c(C(=O)c2ccc(Cl)c(C(C)=C(C)C)c2C)c1OC. The van der Waals surface area contributed by atoms with Crippen LogP contribution in [0, 0.1) is 13.8 Å². The highest BCUT2D eigenvalue weighted by molar-refractivity contribution is 6.32.